The Morgan fingerprint density at radius 2 is 2.11 bits per heavy atom. The third-order valence-electron chi connectivity index (χ3n) is 3.95. The van der Waals surface area contributed by atoms with Gasteiger partial charge in [0.1, 0.15) is 5.58 Å². The van der Waals surface area contributed by atoms with E-state index in [9.17, 15) is 4.79 Å². The van der Waals surface area contributed by atoms with E-state index in [4.69, 9.17) is 13.6 Å². The Bertz CT molecular complexity index is 1120. The maximum Gasteiger partial charge on any atom is 0.374 e. The van der Waals surface area contributed by atoms with E-state index < -0.39 is 5.97 Å². The first-order valence-electron chi connectivity index (χ1n) is 8.67. The number of furan rings is 1. The van der Waals surface area contributed by atoms with Gasteiger partial charge >= 0.3 is 5.97 Å². The molecule has 0 atom stereocenters. The van der Waals surface area contributed by atoms with Crippen molar-refractivity contribution in [1.82, 2.24) is 15.2 Å². The van der Waals surface area contributed by atoms with Crippen LogP contribution in [0.25, 0.3) is 11.0 Å². The van der Waals surface area contributed by atoms with E-state index in [0.29, 0.717) is 28.9 Å². The van der Waals surface area contributed by atoms with Crippen LogP contribution in [0.15, 0.2) is 43.7 Å². The van der Waals surface area contributed by atoms with Gasteiger partial charge in [0.15, 0.2) is 0 Å². The molecule has 0 unspecified atom stereocenters. The van der Waals surface area contributed by atoms with E-state index in [0.717, 1.165) is 21.7 Å². The molecule has 0 spiro atoms. The monoisotopic (exact) mass is 415 g/mol. The van der Waals surface area contributed by atoms with Gasteiger partial charge in [-0.25, -0.2) is 9.78 Å². The zero-order valence-electron chi connectivity index (χ0n) is 15.3. The zero-order valence-corrected chi connectivity index (χ0v) is 16.9. The third kappa shape index (κ3) is 3.95. The van der Waals surface area contributed by atoms with Crippen LogP contribution in [-0.4, -0.2) is 27.8 Å². The van der Waals surface area contributed by atoms with E-state index >= 15 is 0 Å². The second-order valence-corrected chi connectivity index (χ2v) is 7.90. The van der Waals surface area contributed by atoms with Crippen LogP contribution in [0, 0.1) is 6.92 Å². The summed E-state index contributed by atoms with van der Waals surface area (Å²) >= 11 is 2.94. The number of thiazole rings is 1. The predicted molar refractivity (Wildman–Crippen MR) is 106 cm³/mol. The van der Waals surface area contributed by atoms with Crippen molar-refractivity contribution in [3.05, 3.63) is 57.6 Å². The summed E-state index contributed by atoms with van der Waals surface area (Å²) in [5, 5.41) is 12.5. The van der Waals surface area contributed by atoms with Crippen molar-refractivity contribution in [2.24, 2.45) is 0 Å². The fourth-order valence-corrected chi connectivity index (χ4v) is 4.17. The van der Waals surface area contributed by atoms with Crippen LogP contribution in [0.1, 0.15) is 39.6 Å². The van der Waals surface area contributed by atoms with Gasteiger partial charge in [-0.1, -0.05) is 30.0 Å². The lowest BCUT2D eigenvalue weighted by molar-refractivity contribution is 0.0491. The van der Waals surface area contributed by atoms with Crippen LogP contribution in [-0.2, 0) is 16.9 Å². The van der Waals surface area contributed by atoms with E-state index in [-0.39, 0.29) is 12.4 Å². The molecule has 0 N–H and O–H groups in total. The highest BCUT2D eigenvalue weighted by Gasteiger charge is 2.22. The van der Waals surface area contributed by atoms with E-state index in [1.165, 1.54) is 11.8 Å². The molecular weight excluding hydrogens is 398 g/mol. The minimum absolute atomic E-state index is 0.216. The molecule has 0 bridgehead atoms. The van der Waals surface area contributed by atoms with Gasteiger partial charge in [0.05, 0.1) is 23.7 Å². The fraction of sp³-hybridized carbons (Fsp3) is 0.263. The van der Waals surface area contributed by atoms with Crippen LogP contribution < -0.4 is 0 Å². The van der Waals surface area contributed by atoms with Gasteiger partial charge in [0, 0.05) is 22.1 Å². The Balaban J connectivity index is 1.52. The van der Waals surface area contributed by atoms with Crippen LogP contribution in [0.5, 0.6) is 0 Å². The fourth-order valence-electron chi connectivity index (χ4n) is 2.75. The lowest BCUT2D eigenvalue weighted by Crippen LogP contribution is -2.05. The second-order valence-electron chi connectivity index (χ2n) is 5.91. The Morgan fingerprint density at radius 1 is 1.25 bits per heavy atom. The quantitative estimate of drug-likeness (QED) is 0.318. The number of nitrogens with zero attached hydrogens (tertiary/aromatic N) is 3. The average Bonchev–Trinajstić information content (AvgIpc) is 3.39. The summed E-state index contributed by atoms with van der Waals surface area (Å²) in [6, 6.07) is 7.51. The molecule has 0 aliphatic rings. The highest BCUT2D eigenvalue weighted by molar-refractivity contribution is 7.98. The molecule has 3 aromatic heterocycles. The first-order chi connectivity index (χ1) is 13.6. The molecule has 0 radical (unpaired) electrons. The Kier molecular flexibility index (Phi) is 5.45. The average molecular weight is 415 g/mol. The molecule has 3 heterocycles. The smallest absolute Gasteiger partial charge is 0.374 e. The lowest BCUT2D eigenvalue weighted by Gasteiger charge is -2.01. The van der Waals surface area contributed by atoms with Gasteiger partial charge in [-0.15, -0.1) is 21.5 Å². The molecule has 4 aromatic rings. The van der Waals surface area contributed by atoms with Gasteiger partial charge in [-0.2, -0.15) is 0 Å². The molecule has 0 saturated carbocycles. The van der Waals surface area contributed by atoms with Crippen molar-refractivity contribution in [3.8, 4) is 0 Å². The second kappa shape index (κ2) is 8.15. The third-order valence-corrected chi connectivity index (χ3v) is 5.61. The Morgan fingerprint density at radius 3 is 2.89 bits per heavy atom. The van der Waals surface area contributed by atoms with Crippen molar-refractivity contribution in [3.63, 3.8) is 0 Å². The summed E-state index contributed by atoms with van der Waals surface area (Å²) in [7, 11) is 0. The van der Waals surface area contributed by atoms with Gasteiger partial charge in [-0.3, -0.25) is 0 Å². The number of hydrogen-bond donors (Lipinski definition) is 0. The van der Waals surface area contributed by atoms with Gasteiger partial charge < -0.3 is 13.6 Å². The van der Waals surface area contributed by atoms with Crippen molar-refractivity contribution in [2.45, 2.75) is 31.2 Å². The number of hydrogen-bond acceptors (Lipinski definition) is 9. The maximum atomic E-state index is 12.3. The molecule has 0 saturated heterocycles. The molecular formula is C19H17N3O4S2. The highest BCUT2D eigenvalue weighted by atomic mass is 32.2. The molecule has 28 heavy (non-hydrogen) atoms. The number of para-hydroxylation sites is 1. The first kappa shape index (κ1) is 18.7. The maximum absolute atomic E-state index is 12.3. The molecule has 7 nitrogen and oxygen atoms in total. The zero-order chi connectivity index (χ0) is 19.5. The molecule has 4 rings (SSSR count). The summed E-state index contributed by atoms with van der Waals surface area (Å²) in [6.45, 7) is 4.00. The largest absolute Gasteiger partial charge is 0.460 e. The molecule has 0 amide bonds. The van der Waals surface area contributed by atoms with E-state index in [1.807, 2.05) is 36.6 Å². The van der Waals surface area contributed by atoms with Crippen molar-refractivity contribution >= 4 is 40.0 Å². The highest BCUT2D eigenvalue weighted by Crippen LogP contribution is 2.32. The van der Waals surface area contributed by atoms with Crippen molar-refractivity contribution < 1.29 is 18.4 Å². The number of ether oxygens (including phenoxy) is 1. The van der Waals surface area contributed by atoms with E-state index in [1.54, 1.807) is 18.3 Å². The number of aryl methyl sites for hydroxylation is 1. The number of benzene rings is 1. The number of aromatic nitrogens is 3. The summed E-state index contributed by atoms with van der Waals surface area (Å²) in [6.07, 6.45) is 0.501. The summed E-state index contributed by atoms with van der Waals surface area (Å²) < 4.78 is 16.6. The minimum atomic E-state index is -0.473. The molecule has 1 aromatic carbocycles. The number of thioether (sulfide) groups is 1. The molecule has 0 aliphatic carbocycles. The van der Waals surface area contributed by atoms with Gasteiger partial charge in [0.2, 0.25) is 11.7 Å². The Hall–Kier alpha value is -2.65. The first-order valence-corrected chi connectivity index (χ1v) is 10.5. The number of carbonyl (C=O) groups excluding carboxylic acids is 1. The summed E-state index contributed by atoms with van der Waals surface area (Å²) in [4.78, 5) is 16.7. The van der Waals surface area contributed by atoms with Gasteiger partial charge in [0.25, 0.3) is 5.22 Å². The number of rotatable bonds is 7. The van der Waals surface area contributed by atoms with Crippen molar-refractivity contribution in [1.29, 1.82) is 0 Å². The van der Waals surface area contributed by atoms with Gasteiger partial charge in [-0.05, 0) is 19.9 Å². The molecule has 0 aliphatic heterocycles. The van der Waals surface area contributed by atoms with E-state index in [2.05, 4.69) is 15.2 Å². The molecule has 0 fully saturated rings. The minimum Gasteiger partial charge on any atom is -0.460 e. The Labute approximate surface area is 169 Å². The van der Waals surface area contributed by atoms with Crippen molar-refractivity contribution in [2.75, 3.05) is 6.61 Å². The topological polar surface area (TPSA) is 91.2 Å². The van der Waals surface area contributed by atoms with Crippen LogP contribution >= 0.6 is 23.1 Å². The van der Waals surface area contributed by atoms with Crippen LogP contribution in [0.4, 0.5) is 0 Å². The van der Waals surface area contributed by atoms with Crippen LogP contribution in [0.3, 0.4) is 0 Å². The molecule has 144 valence electrons. The summed E-state index contributed by atoms with van der Waals surface area (Å²) in [5.41, 5.74) is 2.31. The molecule has 9 heteroatoms. The predicted octanol–water partition coefficient (Wildman–Crippen LogP) is 4.64. The summed E-state index contributed by atoms with van der Waals surface area (Å²) in [5.74, 6) is 0.700. The number of esters is 1. The number of carbonyl (C=O) groups is 1. The SMILES string of the molecule is CCOC(=O)c1oc2ccccc2c1CSc1nnc(Cc2csc(C)n2)o1. The normalized spacial score (nSPS) is 11.2. The standard InChI is InChI=1S/C19H17N3O4S2/c1-3-24-18(23)17-14(13-6-4-5-7-15(13)25-17)10-28-19-22-21-16(26-19)8-12-9-27-11(2)20-12/h4-7,9H,3,8,10H2,1-2H3. The van der Waals surface area contributed by atoms with Crippen LogP contribution in [0.2, 0.25) is 0 Å². The lowest BCUT2D eigenvalue weighted by atomic mass is 10.1. The number of fused-ring (bicyclic) bond motifs is 1.